The molecule has 8 aromatic carbocycles. The van der Waals surface area contributed by atoms with E-state index < -0.39 is 0 Å². The molecule has 0 unspecified atom stereocenters. The largest absolute Gasteiger partial charge is 0.456 e. The molecule has 0 spiro atoms. The van der Waals surface area contributed by atoms with Crippen LogP contribution in [0.3, 0.4) is 0 Å². The SMILES string of the molecule is c1ccc2cc(-c3ccc(N(c4ccc(-c5ccc6ccccc6c5)cc4)c4cc5oc6cc7ccccc7cc6c5cn4)cc3)ccc2c1. The van der Waals surface area contributed by atoms with Crippen molar-refractivity contribution in [3.05, 3.63) is 182 Å². The Labute approximate surface area is 289 Å². The maximum atomic E-state index is 6.48. The maximum Gasteiger partial charge on any atom is 0.141 e. The fraction of sp³-hybridized carbons (Fsp3) is 0. The molecular formula is C47H30N2O. The van der Waals surface area contributed by atoms with Gasteiger partial charge in [-0.2, -0.15) is 0 Å². The minimum atomic E-state index is 0.790. The first kappa shape index (κ1) is 28.3. The lowest BCUT2D eigenvalue weighted by Gasteiger charge is -2.24. The van der Waals surface area contributed by atoms with Crippen LogP contribution in [0.25, 0.3) is 76.5 Å². The molecule has 234 valence electrons. The quantitative estimate of drug-likeness (QED) is 0.188. The molecule has 0 radical (unpaired) electrons. The lowest BCUT2D eigenvalue weighted by molar-refractivity contribution is 0.669. The first-order chi connectivity index (χ1) is 24.7. The Morgan fingerprint density at radius 3 is 1.34 bits per heavy atom. The van der Waals surface area contributed by atoms with Gasteiger partial charge in [-0.25, -0.2) is 4.98 Å². The van der Waals surface area contributed by atoms with Crippen LogP contribution in [-0.2, 0) is 0 Å². The van der Waals surface area contributed by atoms with E-state index in [0.717, 1.165) is 44.5 Å². The summed E-state index contributed by atoms with van der Waals surface area (Å²) in [4.78, 5) is 7.26. The highest BCUT2D eigenvalue weighted by Gasteiger charge is 2.18. The zero-order valence-corrected chi connectivity index (χ0v) is 27.1. The van der Waals surface area contributed by atoms with Crippen LogP contribution >= 0.6 is 0 Å². The number of nitrogens with zero attached hydrogens (tertiary/aromatic N) is 2. The third kappa shape index (κ3) is 4.87. The van der Waals surface area contributed by atoms with Crippen LogP contribution in [0.2, 0.25) is 0 Å². The summed E-state index contributed by atoms with van der Waals surface area (Å²) in [6, 6.07) is 62.6. The van der Waals surface area contributed by atoms with Crippen molar-refractivity contribution < 1.29 is 4.42 Å². The molecule has 0 bridgehead atoms. The molecule has 2 aromatic heterocycles. The standard InChI is InChI=1S/C47H30N2O/c1-3-9-35-25-39(15-13-31(35)7-1)33-17-21-41(22-18-33)49(42-23-19-34(20-24-42)40-16-14-32-8-2-4-10-36(32)26-40)47-29-46-44(30-48-47)43-27-37-11-5-6-12-38(37)28-45(43)50-46/h1-30H. The second-order valence-electron chi connectivity index (χ2n) is 12.9. The second kappa shape index (κ2) is 11.5. The van der Waals surface area contributed by atoms with Crippen molar-refractivity contribution in [3.63, 3.8) is 0 Å². The molecule has 0 aliphatic rings. The van der Waals surface area contributed by atoms with Crippen LogP contribution in [0.1, 0.15) is 0 Å². The molecule has 0 atom stereocenters. The van der Waals surface area contributed by atoms with E-state index >= 15 is 0 Å². The number of fused-ring (bicyclic) bond motifs is 6. The molecule has 10 rings (SSSR count). The molecule has 0 amide bonds. The second-order valence-corrected chi connectivity index (χ2v) is 12.9. The Morgan fingerprint density at radius 2 is 0.800 bits per heavy atom. The Bertz CT molecular complexity index is 2750. The molecule has 0 saturated heterocycles. The van der Waals surface area contributed by atoms with E-state index in [-0.39, 0.29) is 0 Å². The summed E-state index contributed by atoms with van der Waals surface area (Å²) in [5.74, 6) is 0.790. The van der Waals surface area contributed by atoms with Crippen LogP contribution < -0.4 is 4.90 Å². The van der Waals surface area contributed by atoms with Crippen molar-refractivity contribution in [2.45, 2.75) is 0 Å². The Balaban J connectivity index is 1.08. The van der Waals surface area contributed by atoms with Gasteiger partial charge in [-0.1, -0.05) is 121 Å². The summed E-state index contributed by atoms with van der Waals surface area (Å²) < 4.78 is 6.48. The van der Waals surface area contributed by atoms with Gasteiger partial charge in [0.15, 0.2) is 0 Å². The van der Waals surface area contributed by atoms with Crippen LogP contribution in [-0.4, -0.2) is 4.98 Å². The zero-order chi connectivity index (χ0) is 33.0. The Kier molecular flexibility index (Phi) is 6.49. The van der Waals surface area contributed by atoms with Gasteiger partial charge in [0.2, 0.25) is 0 Å². The molecule has 0 aliphatic heterocycles. The summed E-state index contributed by atoms with van der Waals surface area (Å²) in [7, 11) is 0. The number of aromatic nitrogens is 1. The van der Waals surface area contributed by atoms with Crippen molar-refractivity contribution in [1.29, 1.82) is 0 Å². The normalized spacial score (nSPS) is 11.6. The number of hydrogen-bond acceptors (Lipinski definition) is 3. The average molecular weight is 639 g/mol. The van der Waals surface area contributed by atoms with Crippen LogP contribution in [0, 0.1) is 0 Å². The van der Waals surface area contributed by atoms with Gasteiger partial charge in [0, 0.05) is 34.4 Å². The van der Waals surface area contributed by atoms with Gasteiger partial charge in [-0.05, 0) is 103 Å². The van der Waals surface area contributed by atoms with Crippen LogP contribution in [0.15, 0.2) is 187 Å². The summed E-state index contributed by atoms with van der Waals surface area (Å²) in [6.45, 7) is 0. The molecule has 3 heteroatoms. The van der Waals surface area contributed by atoms with Crippen molar-refractivity contribution in [3.8, 4) is 22.3 Å². The topological polar surface area (TPSA) is 29.3 Å². The fourth-order valence-corrected chi connectivity index (χ4v) is 7.23. The fourth-order valence-electron chi connectivity index (χ4n) is 7.23. The lowest BCUT2D eigenvalue weighted by atomic mass is 10.0. The predicted molar refractivity (Wildman–Crippen MR) is 210 cm³/mol. The molecule has 3 nitrogen and oxygen atoms in total. The number of furan rings is 1. The number of pyridine rings is 1. The maximum absolute atomic E-state index is 6.48. The smallest absolute Gasteiger partial charge is 0.141 e. The van der Waals surface area contributed by atoms with Crippen molar-refractivity contribution in [1.82, 2.24) is 4.98 Å². The number of rotatable bonds is 5. The number of anilines is 3. The number of benzene rings is 8. The summed E-state index contributed by atoms with van der Waals surface area (Å²) >= 11 is 0. The summed E-state index contributed by atoms with van der Waals surface area (Å²) in [5, 5.41) is 9.38. The molecule has 50 heavy (non-hydrogen) atoms. The van der Waals surface area contributed by atoms with Gasteiger partial charge in [0.25, 0.3) is 0 Å². The highest BCUT2D eigenvalue weighted by Crippen LogP contribution is 2.39. The van der Waals surface area contributed by atoms with E-state index in [1.807, 2.05) is 6.20 Å². The summed E-state index contributed by atoms with van der Waals surface area (Å²) in [5.41, 5.74) is 8.42. The minimum Gasteiger partial charge on any atom is -0.456 e. The molecular weight excluding hydrogens is 609 g/mol. The van der Waals surface area contributed by atoms with E-state index in [0.29, 0.717) is 0 Å². The predicted octanol–water partition coefficient (Wildman–Crippen LogP) is 13.2. The third-order valence-corrected chi connectivity index (χ3v) is 9.86. The first-order valence-corrected chi connectivity index (χ1v) is 16.9. The van der Waals surface area contributed by atoms with Gasteiger partial charge in [0.05, 0.1) is 0 Å². The van der Waals surface area contributed by atoms with E-state index in [2.05, 4.69) is 181 Å². The number of hydrogen-bond donors (Lipinski definition) is 0. The van der Waals surface area contributed by atoms with Crippen LogP contribution in [0.4, 0.5) is 17.2 Å². The zero-order valence-electron chi connectivity index (χ0n) is 27.1. The first-order valence-electron chi connectivity index (χ1n) is 16.9. The molecule has 0 N–H and O–H groups in total. The van der Waals surface area contributed by atoms with Crippen LogP contribution in [0.5, 0.6) is 0 Å². The third-order valence-electron chi connectivity index (χ3n) is 9.86. The Morgan fingerprint density at radius 1 is 0.360 bits per heavy atom. The molecule has 0 fully saturated rings. The molecule has 0 aliphatic carbocycles. The van der Waals surface area contributed by atoms with Gasteiger partial charge in [-0.15, -0.1) is 0 Å². The molecule has 2 heterocycles. The summed E-state index contributed by atoms with van der Waals surface area (Å²) in [6.07, 6.45) is 1.95. The van der Waals surface area contributed by atoms with E-state index in [9.17, 15) is 0 Å². The van der Waals surface area contributed by atoms with Crippen molar-refractivity contribution in [2.75, 3.05) is 4.90 Å². The highest BCUT2D eigenvalue weighted by atomic mass is 16.3. The van der Waals surface area contributed by atoms with E-state index in [1.54, 1.807) is 0 Å². The van der Waals surface area contributed by atoms with Gasteiger partial charge in [-0.3, -0.25) is 4.90 Å². The average Bonchev–Trinajstić information content (AvgIpc) is 3.53. The van der Waals surface area contributed by atoms with Gasteiger partial charge < -0.3 is 4.42 Å². The van der Waals surface area contributed by atoms with Gasteiger partial charge >= 0.3 is 0 Å². The molecule has 0 saturated carbocycles. The van der Waals surface area contributed by atoms with Crippen molar-refractivity contribution >= 4 is 71.4 Å². The van der Waals surface area contributed by atoms with E-state index in [4.69, 9.17) is 9.40 Å². The lowest BCUT2D eigenvalue weighted by Crippen LogP contribution is -2.11. The van der Waals surface area contributed by atoms with E-state index in [1.165, 1.54) is 49.2 Å². The highest BCUT2D eigenvalue weighted by molar-refractivity contribution is 6.10. The Hall–Kier alpha value is -6.71. The van der Waals surface area contributed by atoms with Crippen molar-refractivity contribution in [2.24, 2.45) is 0 Å². The monoisotopic (exact) mass is 638 g/mol. The minimum absolute atomic E-state index is 0.790. The van der Waals surface area contributed by atoms with Gasteiger partial charge in [0.1, 0.15) is 17.0 Å². The molecule has 10 aromatic rings.